The third-order valence-electron chi connectivity index (χ3n) is 1.44. The van der Waals surface area contributed by atoms with Crippen LogP contribution in [0.2, 0.25) is 0 Å². The SMILES string of the molecule is CCOC(=O)CCC(=O)COCC(F)(F)F. The van der Waals surface area contributed by atoms with Crippen molar-refractivity contribution in [2.75, 3.05) is 19.8 Å². The number of carbonyl (C=O) groups is 2. The predicted octanol–water partition coefficient (Wildman–Crippen LogP) is 1.48. The van der Waals surface area contributed by atoms with Crippen molar-refractivity contribution in [1.82, 2.24) is 0 Å². The number of ether oxygens (including phenoxy) is 2. The topological polar surface area (TPSA) is 52.6 Å². The maximum Gasteiger partial charge on any atom is 0.411 e. The number of hydrogen-bond acceptors (Lipinski definition) is 4. The molecule has 0 atom stereocenters. The van der Waals surface area contributed by atoms with Crippen LogP contribution in [-0.4, -0.2) is 37.7 Å². The van der Waals surface area contributed by atoms with Crippen LogP contribution in [0.25, 0.3) is 0 Å². The lowest BCUT2D eigenvalue weighted by Gasteiger charge is -2.06. The summed E-state index contributed by atoms with van der Waals surface area (Å²) in [5.41, 5.74) is 0. The molecule has 0 unspecified atom stereocenters. The van der Waals surface area contributed by atoms with Gasteiger partial charge in [0.2, 0.25) is 0 Å². The second-order valence-corrected chi connectivity index (χ2v) is 2.95. The van der Waals surface area contributed by atoms with E-state index in [1.807, 2.05) is 0 Å². The van der Waals surface area contributed by atoms with Gasteiger partial charge in [0.05, 0.1) is 13.0 Å². The van der Waals surface area contributed by atoms with Crippen molar-refractivity contribution in [3.05, 3.63) is 0 Å². The standard InChI is InChI=1S/C9H13F3O4/c1-2-16-8(14)4-3-7(13)5-15-6-9(10,11)12/h2-6H2,1H3. The molecule has 94 valence electrons. The van der Waals surface area contributed by atoms with Crippen LogP contribution < -0.4 is 0 Å². The molecular weight excluding hydrogens is 229 g/mol. The van der Waals surface area contributed by atoms with Gasteiger partial charge in [-0.3, -0.25) is 9.59 Å². The zero-order chi connectivity index (χ0) is 12.6. The Labute approximate surface area is 90.7 Å². The summed E-state index contributed by atoms with van der Waals surface area (Å²) in [6, 6.07) is 0. The van der Waals surface area contributed by atoms with Crippen LogP contribution in [0.15, 0.2) is 0 Å². The molecule has 0 heterocycles. The monoisotopic (exact) mass is 242 g/mol. The lowest BCUT2D eigenvalue weighted by atomic mass is 10.2. The molecule has 0 bridgehead atoms. The molecule has 0 spiro atoms. The summed E-state index contributed by atoms with van der Waals surface area (Å²) in [6.07, 6.45) is -4.75. The van der Waals surface area contributed by atoms with Gasteiger partial charge in [0.1, 0.15) is 13.2 Å². The lowest BCUT2D eigenvalue weighted by molar-refractivity contribution is -0.175. The molecule has 0 aliphatic rings. The van der Waals surface area contributed by atoms with Crippen molar-refractivity contribution in [3.63, 3.8) is 0 Å². The molecule has 0 aliphatic carbocycles. The first kappa shape index (κ1) is 14.9. The molecule has 0 aromatic heterocycles. The van der Waals surface area contributed by atoms with Gasteiger partial charge >= 0.3 is 12.1 Å². The minimum atomic E-state index is -4.44. The number of esters is 1. The number of rotatable bonds is 7. The summed E-state index contributed by atoms with van der Waals surface area (Å²) >= 11 is 0. The van der Waals surface area contributed by atoms with Crippen molar-refractivity contribution < 1.29 is 32.2 Å². The first-order valence-electron chi connectivity index (χ1n) is 4.67. The van der Waals surface area contributed by atoms with Crippen LogP contribution >= 0.6 is 0 Å². The Morgan fingerprint density at radius 2 is 1.81 bits per heavy atom. The molecule has 0 aromatic carbocycles. The van der Waals surface area contributed by atoms with Crippen LogP contribution in [0.4, 0.5) is 13.2 Å². The molecule has 0 aromatic rings. The fourth-order valence-electron chi connectivity index (χ4n) is 0.827. The maximum atomic E-state index is 11.6. The van der Waals surface area contributed by atoms with Gasteiger partial charge in [0.25, 0.3) is 0 Å². The number of carbonyl (C=O) groups excluding carboxylic acids is 2. The van der Waals surface area contributed by atoms with E-state index in [1.54, 1.807) is 6.92 Å². The van der Waals surface area contributed by atoms with Gasteiger partial charge in [-0.1, -0.05) is 0 Å². The van der Waals surface area contributed by atoms with Crippen LogP contribution in [0.1, 0.15) is 19.8 Å². The summed E-state index contributed by atoms with van der Waals surface area (Å²) in [5, 5.41) is 0. The molecule has 0 aliphatic heterocycles. The van der Waals surface area contributed by atoms with E-state index < -0.39 is 31.1 Å². The van der Waals surface area contributed by atoms with E-state index in [1.165, 1.54) is 0 Å². The first-order valence-corrected chi connectivity index (χ1v) is 4.67. The number of alkyl halides is 3. The molecule has 16 heavy (non-hydrogen) atoms. The Morgan fingerprint density at radius 1 is 1.19 bits per heavy atom. The number of ketones is 1. The van der Waals surface area contributed by atoms with Crippen molar-refractivity contribution in [2.24, 2.45) is 0 Å². The van der Waals surface area contributed by atoms with E-state index in [4.69, 9.17) is 0 Å². The second kappa shape index (κ2) is 7.21. The molecule has 0 amide bonds. The summed E-state index contributed by atoms with van der Waals surface area (Å²) in [6.45, 7) is -0.277. The van der Waals surface area contributed by atoms with E-state index in [0.717, 1.165) is 0 Å². The van der Waals surface area contributed by atoms with Crippen LogP contribution in [-0.2, 0) is 19.1 Å². The summed E-state index contributed by atoms with van der Waals surface area (Å²) in [5.74, 6) is -1.11. The Hall–Kier alpha value is -1.11. The van der Waals surface area contributed by atoms with Gasteiger partial charge in [-0.15, -0.1) is 0 Å². The fourth-order valence-corrected chi connectivity index (χ4v) is 0.827. The average molecular weight is 242 g/mol. The van der Waals surface area contributed by atoms with E-state index in [9.17, 15) is 22.8 Å². The number of hydrogen-bond donors (Lipinski definition) is 0. The third-order valence-corrected chi connectivity index (χ3v) is 1.44. The molecule has 0 rings (SSSR count). The third kappa shape index (κ3) is 9.45. The predicted molar refractivity (Wildman–Crippen MR) is 47.7 cm³/mol. The molecular formula is C9H13F3O4. The largest absolute Gasteiger partial charge is 0.466 e. The van der Waals surface area contributed by atoms with Crippen molar-refractivity contribution in [2.45, 2.75) is 25.9 Å². The molecule has 0 radical (unpaired) electrons. The van der Waals surface area contributed by atoms with E-state index in [2.05, 4.69) is 9.47 Å². The summed E-state index contributed by atoms with van der Waals surface area (Å²) < 4.78 is 43.5. The minimum absolute atomic E-state index is 0.137. The van der Waals surface area contributed by atoms with Gasteiger partial charge in [-0.05, 0) is 6.92 Å². The Morgan fingerprint density at radius 3 is 2.31 bits per heavy atom. The summed E-state index contributed by atoms with van der Waals surface area (Å²) in [7, 11) is 0. The van der Waals surface area contributed by atoms with Gasteiger partial charge in [0, 0.05) is 6.42 Å². The minimum Gasteiger partial charge on any atom is -0.466 e. The first-order chi connectivity index (χ1) is 7.35. The molecule has 7 heteroatoms. The summed E-state index contributed by atoms with van der Waals surface area (Å²) in [4.78, 5) is 21.7. The highest BCUT2D eigenvalue weighted by atomic mass is 19.4. The Kier molecular flexibility index (Phi) is 6.71. The van der Waals surface area contributed by atoms with Crippen LogP contribution in [0.5, 0.6) is 0 Å². The second-order valence-electron chi connectivity index (χ2n) is 2.95. The lowest BCUT2D eigenvalue weighted by Crippen LogP contribution is -2.20. The van der Waals surface area contributed by atoms with Crippen LogP contribution in [0.3, 0.4) is 0 Å². The van der Waals surface area contributed by atoms with E-state index in [-0.39, 0.29) is 19.4 Å². The quantitative estimate of drug-likeness (QED) is 0.634. The van der Waals surface area contributed by atoms with Gasteiger partial charge < -0.3 is 9.47 Å². The van der Waals surface area contributed by atoms with Gasteiger partial charge in [0.15, 0.2) is 5.78 Å². The molecule has 0 saturated heterocycles. The van der Waals surface area contributed by atoms with Crippen LogP contribution in [0, 0.1) is 0 Å². The zero-order valence-corrected chi connectivity index (χ0v) is 8.80. The molecule has 4 nitrogen and oxygen atoms in total. The van der Waals surface area contributed by atoms with Gasteiger partial charge in [-0.25, -0.2) is 0 Å². The highest BCUT2D eigenvalue weighted by molar-refractivity contribution is 5.83. The Bertz CT molecular complexity index is 237. The van der Waals surface area contributed by atoms with Gasteiger partial charge in [-0.2, -0.15) is 13.2 Å². The zero-order valence-electron chi connectivity index (χ0n) is 8.80. The number of halogens is 3. The van der Waals surface area contributed by atoms with Crippen molar-refractivity contribution in [1.29, 1.82) is 0 Å². The molecule has 0 saturated carbocycles. The van der Waals surface area contributed by atoms with Crippen molar-refractivity contribution >= 4 is 11.8 Å². The normalized spacial score (nSPS) is 11.2. The number of Topliss-reactive ketones (excluding diaryl/α,β-unsaturated/α-hetero) is 1. The van der Waals surface area contributed by atoms with E-state index in [0.29, 0.717) is 0 Å². The van der Waals surface area contributed by atoms with E-state index >= 15 is 0 Å². The smallest absolute Gasteiger partial charge is 0.411 e. The highest BCUT2D eigenvalue weighted by Crippen LogP contribution is 2.14. The highest BCUT2D eigenvalue weighted by Gasteiger charge is 2.27. The molecule has 0 fully saturated rings. The fraction of sp³-hybridized carbons (Fsp3) is 0.778. The average Bonchev–Trinajstić information content (AvgIpc) is 2.13. The van der Waals surface area contributed by atoms with Crippen molar-refractivity contribution in [3.8, 4) is 0 Å². The molecule has 0 N–H and O–H groups in total. The Balaban J connectivity index is 3.56. The maximum absolute atomic E-state index is 11.6.